The first kappa shape index (κ1) is 12.5. The zero-order valence-electron chi connectivity index (χ0n) is 8.99. The average Bonchev–Trinajstić information content (AvgIpc) is 2.19. The van der Waals surface area contributed by atoms with E-state index in [1.54, 1.807) is 0 Å². The second-order valence-electron chi connectivity index (χ2n) is 3.46. The second-order valence-corrected chi connectivity index (χ2v) is 3.46. The fourth-order valence-corrected chi connectivity index (χ4v) is 1.37. The first-order chi connectivity index (χ1) is 6.75. The molecule has 0 N–H and O–H groups in total. The van der Waals surface area contributed by atoms with Gasteiger partial charge in [-0.25, -0.2) is 0 Å². The van der Waals surface area contributed by atoms with Gasteiger partial charge in [-0.05, 0) is 12.6 Å². The predicted molar refractivity (Wildman–Crippen MR) is 58.0 cm³/mol. The second kappa shape index (κ2) is 5.53. The Kier molecular flexibility index (Phi) is 4.62. The first-order valence-electron chi connectivity index (χ1n) is 4.67. The van der Waals surface area contributed by atoms with E-state index in [0.29, 0.717) is 0 Å². The van der Waals surface area contributed by atoms with E-state index < -0.39 is 0 Å². The summed E-state index contributed by atoms with van der Waals surface area (Å²) in [5.41, 5.74) is 4.41. The van der Waals surface area contributed by atoms with Crippen molar-refractivity contribution in [3.05, 3.63) is 53.7 Å². The first-order valence-corrected chi connectivity index (χ1v) is 4.67. The quantitative estimate of drug-likeness (QED) is 0.726. The molecule has 1 heterocycles. The molecule has 2 heteroatoms. The van der Waals surface area contributed by atoms with Crippen molar-refractivity contribution in [2.75, 3.05) is 0 Å². The van der Waals surface area contributed by atoms with Crippen molar-refractivity contribution in [3.63, 3.8) is 0 Å². The van der Waals surface area contributed by atoms with Crippen LogP contribution >= 0.6 is 0 Å². The smallest absolute Gasteiger partial charge is 0 e. The van der Waals surface area contributed by atoms with Crippen molar-refractivity contribution < 1.29 is 32.7 Å². The molecule has 1 aromatic carbocycles. The van der Waals surface area contributed by atoms with E-state index >= 15 is 0 Å². The van der Waals surface area contributed by atoms with E-state index in [2.05, 4.69) is 42.2 Å². The Morgan fingerprint density at radius 3 is 2.27 bits per heavy atom. The Morgan fingerprint density at radius 2 is 1.67 bits per heavy atom. The Hall–Kier alpha value is -0.526. The average molecular weight is 271 g/mol. The molecule has 2 rings (SSSR count). The van der Waals surface area contributed by atoms with Crippen LogP contribution in [0.3, 0.4) is 0 Å². The molecule has 0 unspecified atom stereocenters. The molecule has 0 saturated heterocycles. The monoisotopic (exact) mass is 271 g/mol. The molecular formula is C13H12NY-. The maximum Gasteiger partial charge on any atom is 0 e. The molecule has 0 aliphatic rings. The third-order valence-electron chi connectivity index (χ3n) is 2.16. The molecule has 0 saturated carbocycles. The molecule has 15 heavy (non-hydrogen) atoms. The van der Waals surface area contributed by atoms with Crippen LogP contribution in [0, 0.1) is 19.9 Å². The molecule has 0 aliphatic heterocycles. The number of aryl methyl sites for hydroxylation is 2. The predicted octanol–water partition coefficient (Wildman–Crippen LogP) is 3.16. The Labute approximate surface area is 116 Å². The third kappa shape index (κ3) is 3.22. The maximum absolute atomic E-state index is 4.44. The largest absolute Gasteiger partial charge is 0.380 e. The molecule has 0 atom stereocenters. The van der Waals surface area contributed by atoms with Crippen molar-refractivity contribution in [2.45, 2.75) is 13.8 Å². The topological polar surface area (TPSA) is 12.9 Å². The molecule has 2 aromatic rings. The Morgan fingerprint density at radius 1 is 1.00 bits per heavy atom. The molecular weight excluding hydrogens is 259 g/mol. The van der Waals surface area contributed by atoms with Gasteiger partial charge in [0.05, 0.1) is 0 Å². The van der Waals surface area contributed by atoms with Gasteiger partial charge >= 0.3 is 0 Å². The molecule has 73 valence electrons. The van der Waals surface area contributed by atoms with Crippen LogP contribution < -0.4 is 0 Å². The number of hydrogen-bond donors (Lipinski definition) is 0. The van der Waals surface area contributed by atoms with E-state index in [1.807, 2.05) is 19.1 Å². The molecule has 0 bridgehead atoms. The van der Waals surface area contributed by atoms with Crippen LogP contribution in [-0.2, 0) is 32.7 Å². The van der Waals surface area contributed by atoms with E-state index in [1.165, 1.54) is 5.56 Å². The fraction of sp³-hybridized carbons (Fsp3) is 0.154. The summed E-state index contributed by atoms with van der Waals surface area (Å²) in [5, 5.41) is 0. The molecule has 0 amide bonds. The van der Waals surface area contributed by atoms with Gasteiger partial charge in [0.25, 0.3) is 0 Å². The van der Waals surface area contributed by atoms with E-state index in [-0.39, 0.29) is 32.7 Å². The van der Waals surface area contributed by atoms with Crippen molar-refractivity contribution >= 4 is 0 Å². The van der Waals surface area contributed by atoms with Gasteiger partial charge in [0.15, 0.2) is 0 Å². The number of pyridine rings is 1. The van der Waals surface area contributed by atoms with Crippen LogP contribution in [0.15, 0.2) is 36.4 Å². The van der Waals surface area contributed by atoms with Gasteiger partial charge in [-0.2, -0.15) is 18.2 Å². The van der Waals surface area contributed by atoms with Crippen molar-refractivity contribution in [1.82, 2.24) is 4.98 Å². The van der Waals surface area contributed by atoms with Gasteiger partial charge in [-0.15, -0.1) is 0 Å². The summed E-state index contributed by atoms with van der Waals surface area (Å²) in [7, 11) is 0. The van der Waals surface area contributed by atoms with Gasteiger partial charge in [-0.1, -0.05) is 48.0 Å². The molecule has 1 aromatic heterocycles. The minimum atomic E-state index is 0. The number of hydrogen-bond acceptors (Lipinski definition) is 1. The van der Waals surface area contributed by atoms with E-state index in [0.717, 1.165) is 17.0 Å². The maximum atomic E-state index is 4.44. The molecule has 0 fully saturated rings. The number of nitrogens with zero attached hydrogens (tertiary/aromatic N) is 1. The van der Waals surface area contributed by atoms with Gasteiger partial charge in [0.1, 0.15) is 0 Å². The fourth-order valence-electron chi connectivity index (χ4n) is 1.37. The van der Waals surface area contributed by atoms with Crippen molar-refractivity contribution in [3.8, 4) is 11.3 Å². The van der Waals surface area contributed by atoms with Gasteiger partial charge < -0.3 is 4.98 Å². The summed E-state index contributed by atoms with van der Waals surface area (Å²) >= 11 is 0. The van der Waals surface area contributed by atoms with E-state index in [4.69, 9.17) is 0 Å². The van der Waals surface area contributed by atoms with Crippen LogP contribution in [0.2, 0.25) is 0 Å². The SMILES string of the molecule is Cc1ccc(-c2c[c-]cc(C)n2)cc1.[Y]. The summed E-state index contributed by atoms with van der Waals surface area (Å²) in [6.45, 7) is 4.06. The standard InChI is InChI=1S/C13H12N.Y/c1-10-6-8-12(9-7-10)13-5-3-4-11(2)14-13;/h4-9H,1-2H3;/q-1;. The zero-order chi connectivity index (χ0) is 9.97. The van der Waals surface area contributed by atoms with Crippen molar-refractivity contribution in [2.24, 2.45) is 0 Å². The van der Waals surface area contributed by atoms with Crippen LogP contribution in [0.25, 0.3) is 11.3 Å². The minimum Gasteiger partial charge on any atom is -0.380 e. The molecule has 0 spiro atoms. The zero-order valence-corrected chi connectivity index (χ0v) is 11.8. The Balaban J connectivity index is 0.00000112. The van der Waals surface area contributed by atoms with Gasteiger partial charge in [0.2, 0.25) is 0 Å². The third-order valence-corrected chi connectivity index (χ3v) is 2.16. The van der Waals surface area contributed by atoms with E-state index in [9.17, 15) is 0 Å². The van der Waals surface area contributed by atoms with Crippen LogP contribution in [0.5, 0.6) is 0 Å². The van der Waals surface area contributed by atoms with Gasteiger partial charge in [0, 0.05) is 32.7 Å². The molecule has 1 radical (unpaired) electrons. The number of aromatic nitrogens is 1. The van der Waals surface area contributed by atoms with Gasteiger partial charge in [-0.3, -0.25) is 0 Å². The minimum absolute atomic E-state index is 0. The Bertz CT molecular complexity index is 435. The van der Waals surface area contributed by atoms with Crippen molar-refractivity contribution in [1.29, 1.82) is 0 Å². The number of rotatable bonds is 1. The van der Waals surface area contributed by atoms with Crippen LogP contribution in [0.4, 0.5) is 0 Å². The van der Waals surface area contributed by atoms with Crippen LogP contribution in [-0.4, -0.2) is 4.98 Å². The van der Waals surface area contributed by atoms with Crippen LogP contribution in [0.1, 0.15) is 11.3 Å². The normalized spacial score (nSPS) is 9.47. The number of benzene rings is 1. The summed E-state index contributed by atoms with van der Waals surface area (Å²) in [6, 6.07) is 15.3. The molecule has 0 aliphatic carbocycles. The summed E-state index contributed by atoms with van der Waals surface area (Å²) in [6.07, 6.45) is 0. The summed E-state index contributed by atoms with van der Waals surface area (Å²) in [4.78, 5) is 4.44. The summed E-state index contributed by atoms with van der Waals surface area (Å²) < 4.78 is 0. The summed E-state index contributed by atoms with van der Waals surface area (Å²) in [5.74, 6) is 0. The molecule has 1 nitrogen and oxygen atoms in total.